The van der Waals surface area contributed by atoms with Gasteiger partial charge in [0.05, 0.1) is 18.5 Å². The minimum Gasteiger partial charge on any atom is -0.495 e. The number of hydrogen-bond donors (Lipinski definition) is 2. The van der Waals surface area contributed by atoms with Crippen molar-refractivity contribution in [3.63, 3.8) is 0 Å². The number of nitrogens with zero attached hydrogens (tertiary/aromatic N) is 2. The summed E-state index contributed by atoms with van der Waals surface area (Å²) in [7, 11) is 1.53. The number of nitrogens with one attached hydrogen (secondary N) is 2. The van der Waals surface area contributed by atoms with Gasteiger partial charge < -0.3 is 15.4 Å². The van der Waals surface area contributed by atoms with Gasteiger partial charge in [0.1, 0.15) is 11.0 Å². The van der Waals surface area contributed by atoms with Gasteiger partial charge in [-0.25, -0.2) is 0 Å². The number of rotatable bonds is 6. The summed E-state index contributed by atoms with van der Waals surface area (Å²) in [5.74, 6) is 0.0289. The van der Waals surface area contributed by atoms with Gasteiger partial charge in [0.25, 0.3) is 0 Å². The summed E-state index contributed by atoms with van der Waals surface area (Å²) in [6.07, 6.45) is 0.0228. The van der Waals surface area contributed by atoms with Gasteiger partial charge in [0.2, 0.25) is 11.8 Å². The first-order valence-corrected chi connectivity index (χ1v) is 9.53. The fourth-order valence-corrected chi connectivity index (χ4v) is 3.48. The van der Waals surface area contributed by atoms with Gasteiger partial charge >= 0.3 is 0 Å². The summed E-state index contributed by atoms with van der Waals surface area (Å²) in [6.45, 7) is 1.85. The van der Waals surface area contributed by atoms with Crippen molar-refractivity contribution >= 4 is 40.1 Å². The van der Waals surface area contributed by atoms with E-state index in [0.717, 1.165) is 11.3 Å². The number of amides is 2. The fourth-order valence-electron chi connectivity index (χ4n) is 2.56. The van der Waals surface area contributed by atoms with Crippen molar-refractivity contribution in [2.75, 3.05) is 12.4 Å². The Labute approximate surface area is 167 Å². The molecule has 2 aromatic carbocycles. The van der Waals surface area contributed by atoms with Gasteiger partial charge in [-0.3, -0.25) is 9.59 Å². The van der Waals surface area contributed by atoms with Crippen molar-refractivity contribution in [1.82, 2.24) is 5.32 Å². The largest absolute Gasteiger partial charge is 0.495 e. The van der Waals surface area contributed by atoms with Gasteiger partial charge in [-0.15, -0.1) is 5.10 Å². The molecule has 2 amide bonds. The van der Waals surface area contributed by atoms with Crippen LogP contribution in [0.15, 0.2) is 64.8 Å². The Bertz CT molecular complexity index is 928. The van der Waals surface area contributed by atoms with Crippen LogP contribution in [0.25, 0.3) is 0 Å². The molecule has 0 bridgehead atoms. The molecule has 8 heteroatoms. The summed E-state index contributed by atoms with van der Waals surface area (Å²) in [4.78, 5) is 24.5. The Morgan fingerprint density at radius 1 is 1.18 bits per heavy atom. The van der Waals surface area contributed by atoms with E-state index >= 15 is 0 Å². The maximum absolute atomic E-state index is 12.3. The Hall–Kier alpha value is -3.13. The van der Waals surface area contributed by atoms with E-state index in [1.54, 1.807) is 18.2 Å². The van der Waals surface area contributed by atoms with Crippen molar-refractivity contribution in [1.29, 1.82) is 0 Å². The van der Waals surface area contributed by atoms with Crippen molar-refractivity contribution < 1.29 is 14.3 Å². The molecule has 28 heavy (non-hydrogen) atoms. The lowest BCUT2D eigenvalue weighted by molar-refractivity contribution is -0.122. The molecule has 0 aromatic heterocycles. The van der Waals surface area contributed by atoms with Crippen LogP contribution in [0, 0.1) is 0 Å². The maximum atomic E-state index is 12.3. The highest BCUT2D eigenvalue weighted by atomic mass is 32.2. The van der Waals surface area contributed by atoms with Gasteiger partial charge in [-0.1, -0.05) is 54.2 Å². The predicted octanol–water partition coefficient (Wildman–Crippen LogP) is 3.04. The number of methoxy groups -OCH3 is 1. The van der Waals surface area contributed by atoms with E-state index in [-0.39, 0.29) is 18.2 Å². The van der Waals surface area contributed by atoms with E-state index in [9.17, 15) is 9.59 Å². The molecule has 7 nitrogen and oxygen atoms in total. The number of ether oxygens (including phenoxy) is 1. The zero-order valence-corrected chi connectivity index (χ0v) is 16.3. The second kappa shape index (κ2) is 9.18. The Morgan fingerprint density at radius 2 is 1.89 bits per heavy atom. The third-order valence-corrected chi connectivity index (χ3v) is 5.08. The molecule has 3 rings (SSSR count). The number of anilines is 1. The first-order valence-electron chi connectivity index (χ1n) is 8.65. The summed E-state index contributed by atoms with van der Waals surface area (Å²) in [6, 6.07) is 16.7. The normalized spacial score (nSPS) is 18.1. The zero-order chi connectivity index (χ0) is 19.9. The Morgan fingerprint density at radius 3 is 2.64 bits per heavy atom. The third kappa shape index (κ3) is 4.98. The molecule has 0 saturated carbocycles. The molecule has 2 N–H and O–H groups in total. The van der Waals surface area contributed by atoms with Crippen LogP contribution in [0.1, 0.15) is 18.9 Å². The molecule has 2 aromatic rings. The average Bonchev–Trinajstić information content (AvgIpc) is 3.06. The molecule has 1 aliphatic rings. The maximum Gasteiger partial charge on any atom is 0.240 e. The van der Waals surface area contributed by atoms with Crippen molar-refractivity contribution in [2.24, 2.45) is 10.2 Å². The van der Waals surface area contributed by atoms with E-state index in [0.29, 0.717) is 16.6 Å². The van der Waals surface area contributed by atoms with Crippen LogP contribution in [0.4, 0.5) is 5.69 Å². The number of para-hydroxylation sites is 2. The SMILES string of the molecule is COc1ccccc1NC(=O)C[C@@H]1S/C(=N/N=C(/C)c2ccccc2)NC1=O. The highest BCUT2D eigenvalue weighted by molar-refractivity contribution is 8.15. The van der Waals surface area contributed by atoms with Crippen LogP contribution in [0.5, 0.6) is 5.75 Å². The van der Waals surface area contributed by atoms with E-state index in [1.807, 2.05) is 43.3 Å². The quantitative estimate of drug-likeness (QED) is 0.580. The number of carbonyl (C=O) groups is 2. The van der Waals surface area contributed by atoms with Gasteiger partial charge in [0.15, 0.2) is 5.17 Å². The number of benzene rings is 2. The van der Waals surface area contributed by atoms with Crippen molar-refractivity contribution in [3.8, 4) is 5.75 Å². The third-order valence-electron chi connectivity index (χ3n) is 4.01. The lowest BCUT2D eigenvalue weighted by atomic mass is 10.1. The first-order chi connectivity index (χ1) is 13.6. The monoisotopic (exact) mass is 396 g/mol. The fraction of sp³-hybridized carbons (Fsp3) is 0.200. The molecular formula is C20H20N4O3S. The number of carbonyl (C=O) groups excluding carboxylic acids is 2. The van der Waals surface area contributed by atoms with E-state index in [4.69, 9.17) is 4.74 Å². The molecule has 1 heterocycles. The Kier molecular flexibility index (Phi) is 6.44. The second-order valence-corrected chi connectivity index (χ2v) is 7.20. The van der Waals surface area contributed by atoms with E-state index < -0.39 is 5.25 Å². The summed E-state index contributed by atoms with van der Waals surface area (Å²) in [5.41, 5.74) is 2.25. The number of thioether (sulfide) groups is 1. The summed E-state index contributed by atoms with van der Waals surface area (Å²) >= 11 is 1.19. The van der Waals surface area contributed by atoms with Crippen LogP contribution in [-0.2, 0) is 9.59 Å². The standard InChI is InChI=1S/C20H20N4O3S/c1-13(14-8-4-3-5-9-14)23-24-20-22-19(26)17(28-20)12-18(25)21-15-10-6-7-11-16(15)27-2/h3-11,17H,12H2,1-2H3,(H,21,25)(H,22,24,26)/b23-13-/t17-/m0/s1. The molecule has 0 spiro atoms. The highest BCUT2D eigenvalue weighted by Gasteiger charge is 2.32. The van der Waals surface area contributed by atoms with Crippen LogP contribution in [0.2, 0.25) is 0 Å². The molecule has 1 fully saturated rings. The van der Waals surface area contributed by atoms with Gasteiger partial charge in [-0.2, -0.15) is 5.10 Å². The topological polar surface area (TPSA) is 92.2 Å². The van der Waals surface area contributed by atoms with Crippen LogP contribution < -0.4 is 15.4 Å². The second-order valence-electron chi connectivity index (χ2n) is 6.00. The van der Waals surface area contributed by atoms with Crippen LogP contribution in [0.3, 0.4) is 0 Å². The first kappa shape index (κ1) is 19.6. The zero-order valence-electron chi connectivity index (χ0n) is 15.5. The highest BCUT2D eigenvalue weighted by Crippen LogP contribution is 2.26. The minimum absolute atomic E-state index is 0.0228. The number of hydrogen-bond acceptors (Lipinski definition) is 6. The summed E-state index contributed by atoms with van der Waals surface area (Å²) in [5, 5.41) is 13.5. The van der Waals surface area contributed by atoms with Crippen LogP contribution >= 0.6 is 11.8 Å². The molecule has 144 valence electrons. The van der Waals surface area contributed by atoms with Gasteiger partial charge in [0, 0.05) is 6.42 Å². The van der Waals surface area contributed by atoms with E-state index in [1.165, 1.54) is 18.9 Å². The molecule has 0 unspecified atom stereocenters. The molecule has 1 aliphatic heterocycles. The van der Waals surface area contributed by atoms with Crippen molar-refractivity contribution in [2.45, 2.75) is 18.6 Å². The molecule has 1 atom stereocenters. The van der Waals surface area contributed by atoms with Gasteiger partial charge in [-0.05, 0) is 24.6 Å². The van der Waals surface area contributed by atoms with Crippen LogP contribution in [-0.4, -0.2) is 35.1 Å². The lowest BCUT2D eigenvalue weighted by Gasteiger charge is -2.10. The molecule has 1 saturated heterocycles. The Balaban J connectivity index is 1.60. The average molecular weight is 396 g/mol. The van der Waals surface area contributed by atoms with E-state index in [2.05, 4.69) is 20.8 Å². The minimum atomic E-state index is -0.555. The predicted molar refractivity (Wildman–Crippen MR) is 112 cm³/mol. The summed E-state index contributed by atoms with van der Waals surface area (Å²) < 4.78 is 5.21. The smallest absolute Gasteiger partial charge is 0.240 e. The molecule has 0 radical (unpaired) electrons. The number of amidine groups is 1. The lowest BCUT2D eigenvalue weighted by Crippen LogP contribution is -2.28. The molecule has 0 aliphatic carbocycles. The molecular weight excluding hydrogens is 376 g/mol. The van der Waals surface area contributed by atoms with Crippen molar-refractivity contribution in [3.05, 3.63) is 60.2 Å².